The van der Waals surface area contributed by atoms with Crippen LogP contribution >= 0.6 is 0 Å². The van der Waals surface area contributed by atoms with Gasteiger partial charge in [0.2, 0.25) is 17.7 Å². The Morgan fingerprint density at radius 2 is 1.79 bits per heavy atom. The van der Waals surface area contributed by atoms with Crippen LogP contribution in [0.2, 0.25) is 0 Å². The molecule has 9 heteroatoms. The van der Waals surface area contributed by atoms with Gasteiger partial charge in [-0.1, -0.05) is 82.8 Å². The number of hydrogen-bond donors (Lipinski definition) is 4. The van der Waals surface area contributed by atoms with Crippen LogP contribution in [0.1, 0.15) is 65.4 Å². The summed E-state index contributed by atoms with van der Waals surface area (Å²) < 4.78 is 6.27. The molecule has 1 fully saturated rings. The first kappa shape index (κ1) is 37.6. The normalized spacial score (nSPS) is 24.1. The number of ether oxygens (including phenoxy) is 1. The van der Waals surface area contributed by atoms with Crippen molar-refractivity contribution in [1.29, 1.82) is 0 Å². The van der Waals surface area contributed by atoms with Crippen LogP contribution in [0.4, 0.5) is 0 Å². The molecule has 2 bridgehead atoms. The Hall–Kier alpha value is -3.43. The smallest absolute Gasteiger partial charge is 0.243 e. The standard InChI is InChI=1S/C25H40N4O5.C7H8.C2H6/c1-6-18-8-7-12-26-21(31)15-28-24(32)20(11-13-30)29(5)25(33)22(16(2)3)27-14-19-10-9-17(4)23(18)34-19;1-7-5-3-2-4-6-7;1-2/h6,16,19-20,22,27,30H,1,4,7-15H2,2-3,5H3,(H,26,31)(H,28,32);2-6H,1H3;1-2H3/b23-18-;;. The van der Waals surface area contributed by atoms with Crippen molar-refractivity contribution < 1.29 is 24.2 Å². The number of nitrogens with zero attached hydrogens (tertiary/aromatic N) is 1. The van der Waals surface area contributed by atoms with Gasteiger partial charge in [0.15, 0.2) is 0 Å². The van der Waals surface area contributed by atoms with Gasteiger partial charge in [0, 0.05) is 26.7 Å². The SMILES string of the molecule is C=C/C1=C2/OC(CCC2=C)CNC(C(C)C)C(=O)N(C)C(CCO)C(=O)NCC(=O)NCCC1.CC.Cc1ccccc1. The van der Waals surface area contributed by atoms with Crippen molar-refractivity contribution >= 4 is 17.7 Å². The quantitative estimate of drug-likeness (QED) is 0.416. The molecule has 0 aliphatic carbocycles. The maximum absolute atomic E-state index is 13.3. The van der Waals surface area contributed by atoms with Gasteiger partial charge in [-0.2, -0.15) is 0 Å². The topological polar surface area (TPSA) is 120 Å². The highest BCUT2D eigenvalue weighted by atomic mass is 16.5. The molecule has 3 atom stereocenters. The molecule has 2 aliphatic rings. The second-order valence-corrected chi connectivity index (χ2v) is 10.9. The van der Waals surface area contributed by atoms with Gasteiger partial charge in [-0.15, -0.1) is 0 Å². The zero-order valence-electron chi connectivity index (χ0n) is 27.1. The van der Waals surface area contributed by atoms with Crippen LogP contribution in [0.25, 0.3) is 0 Å². The minimum Gasteiger partial charge on any atom is -0.489 e. The average Bonchev–Trinajstić information content (AvgIpc) is 3.00. The molecule has 3 amide bonds. The highest BCUT2D eigenvalue weighted by Crippen LogP contribution is 2.30. The van der Waals surface area contributed by atoms with Gasteiger partial charge in [0.1, 0.15) is 17.9 Å². The molecule has 2 heterocycles. The Balaban J connectivity index is 0.000000883. The summed E-state index contributed by atoms with van der Waals surface area (Å²) in [6.45, 7) is 18.5. The predicted octanol–water partition coefficient (Wildman–Crippen LogP) is 4.03. The van der Waals surface area contributed by atoms with Crippen molar-refractivity contribution in [1.82, 2.24) is 20.9 Å². The number of aliphatic hydroxyl groups is 1. The van der Waals surface area contributed by atoms with Crippen molar-refractivity contribution in [2.75, 3.05) is 33.3 Å². The third kappa shape index (κ3) is 12.8. The molecule has 3 rings (SSSR count). The molecule has 0 radical (unpaired) electrons. The summed E-state index contributed by atoms with van der Waals surface area (Å²) in [6, 6.07) is 8.84. The Morgan fingerprint density at radius 1 is 1.12 bits per heavy atom. The van der Waals surface area contributed by atoms with E-state index in [-0.39, 0.29) is 43.4 Å². The van der Waals surface area contributed by atoms with E-state index in [4.69, 9.17) is 4.74 Å². The van der Waals surface area contributed by atoms with E-state index < -0.39 is 18.0 Å². The summed E-state index contributed by atoms with van der Waals surface area (Å²) in [4.78, 5) is 39.7. The molecule has 1 aromatic rings. The lowest BCUT2D eigenvalue weighted by atomic mass is 9.96. The lowest BCUT2D eigenvalue weighted by Gasteiger charge is -2.34. The number of amides is 3. The van der Waals surface area contributed by atoms with Crippen LogP contribution in [-0.4, -0.2) is 79.2 Å². The molecule has 9 nitrogen and oxygen atoms in total. The summed E-state index contributed by atoms with van der Waals surface area (Å²) in [6.07, 6.45) is 4.63. The fourth-order valence-corrected chi connectivity index (χ4v) is 4.76. The number of benzene rings is 1. The largest absolute Gasteiger partial charge is 0.489 e. The average molecular weight is 599 g/mol. The van der Waals surface area contributed by atoms with Crippen molar-refractivity contribution in [3.05, 3.63) is 72.0 Å². The number of carbonyl (C=O) groups is 3. The summed E-state index contributed by atoms with van der Waals surface area (Å²) in [7, 11) is 1.55. The summed E-state index contributed by atoms with van der Waals surface area (Å²) >= 11 is 0. The van der Waals surface area contributed by atoms with Gasteiger partial charge in [-0.25, -0.2) is 0 Å². The lowest BCUT2D eigenvalue weighted by molar-refractivity contribution is -0.142. The maximum Gasteiger partial charge on any atom is 0.243 e. The zero-order valence-corrected chi connectivity index (χ0v) is 27.1. The first-order chi connectivity index (χ1) is 20.6. The number of rotatable bonds is 4. The van der Waals surface area contributed by atoms with E-state index in [1.165, 1.54) is 10.5 Å². The van der Waals surface area contributed by atoms with Crippen molar-refractivity contribution in [3.63, 3.8) is 0 Å². The monoisotopic (exact) mass is 598 g/mol. The number of hydrogen-bond acceptors (Lipinski definition) is 6. The van der Waals surface area contributed by atoms with Gasteiger partial charge in [0.05, 0.1) is 12.6 Å². The van der Waals surface area contributed by atoms with Crippen LogP contribution in [0, 0.1) is 12.8 Å². The third-order valence-corrected chi connectivity index (χ3v) is 7.24. The molecule has 43 heavy (non-hydrogen) atoms. The van der Waals surface area contributed by atoms with E-state index in [1.807, 2.05) is 45.9 Å². The van der Waals surface area contributed by atoms with Crippen molar-refractivity contribution in [3.8, 4) is 0 Å². The number of carbonyl (C=O) groups excluding carboxylic acids is 3. The van der Waals surface area contributed by atoms with Crippen LogP contribution < -0.4 is 16.0 Å². The molecular formula is C34H54N4O5. The van der Waals surface area contributed by atoms with Crippen LogP contribution in [-0.2, 0) is 19.1 Å². The van der Waals surface area contributed by atoms with Crippen LogP contribution in [0.3, 0.4) is 0 Å². The van der Waals surface area contributed by atoms with Gasteiger partial charge in [-0.3, -0.25) is 14.4 Å². The molecular weight excluding hydrogens is 544 g/mol. The highest BCUT2D eigenvalue weighted by Gasteiger charge is 2.33. The second-order valence-electron chi connectivity index (χ2n) is 10.9. The summed E-state index contributed by atoms with van der Waals surface area (Å²) in [5, 5.41) is 18.2. The molecule has 0 saturated carbocycles. The van der Waals surface area contributed by atoms with Gasteiger partial charge >= 0.3 is 0 Å². The minimum absolute atomic E-state index is 0.0403. The molecule has 240 valence electrons. The first-order valence-electron chi connectivity index (χ1n) is 15.5. The number of fused-ring (bicyclic) bond motifs is 2. The zero-order chi connectivity index (χ0) is 32.4. The summed E-state index contributed by atoms with van der Waals surface area (Å²) in [5.74, 6) is -0.336. The Morgan fingerprint density at radius 3 is 2.35 bits per heavy atom. The van der Waals surface area contributed by atoms with E-state index in [0.717, 1.165) is 29.7 Å². The molecule has 0 aromatic heterocycles. The lowest BCUT2D eigenvalue weighted by Crippen LogP contribution is -2.56. The van der Waals surface area contributed by atoms with Crippen LogP contribution in [0.15, 0.2) is 66.5 Å². The maximum atomic E-state index is 13.3. The highest BCUT2D eigenvalue weighted by molar-refractivity contribution is 5.91. The summed E-state index contributed by atoms with van der Waals surface area (Å²) in [5.41, 5.74) is 3.19. The van der Waals surface area contributed by atoms with E-state index >= 15 is 0 Å². The minimum atomic E-state index is -0.883. The molecule has 3 unspecified atom stereocenters. The predicted molar refractivity (Wildman–Crippen MR) is 173 cm³/mol. The van der Waals surface area contributed by atoms with Crippen molar-refractivity contribution in [2.24, 2.45) is 5.92 Å². The number of allylic oxidation sites excluding steroid dienone is 3. The Bertz CT molecular complexity index is 1070. The van der Waals surface area contributed by atoms with Gasteiger partial charge in [0.25, 0.3) is 0 Å². The number of aliphatic hydroxyl groups excluding tert-OH is 1. The van der Waals surface area contributed by atoms with E-state index in [9.17, 15) is 19.5 Å². The number of aryl methyl sites for hydroxylation is 1. The fourth-order valence-electron chi connectivity index (χ4n) is 4.76. The number of nitrogens with one attached hydrogen (secondary N) is 3. The fraction of sp³-hybridized carbons (Fsp3) is 0.559. The molecule has 0 spiro atoms. The molecule has 1 aromatic carbocycles. The van der Waals surface area contributed by atoms with E-state index in [1.54, 1.807) is 13.1 Å². The van der Waals surface area contributed by atoms with Crippen molar-refractivity contribution in [2.45, 2.75) is 84.9 Å². The molecule has 2 aliphatic heterocycles. The number of likely N-dealkylation sites (N-methyl/N-ethyl adjacent to an activating group) is 1. The second kappa shape index (κ2) is 20.5. The Labute approximate surface area is 258 Å². The van der Waals surface area contributed by atoms with E-state index in [0.29, 0.717) is 25.9 Å². The molecule has 1 saturated heterocycles. The Kier molecular flexibility index (Phi) is 17.9. The van der Waals surface area contributed by atoms with Crippen LogP contribution in [0.5, 0.6) is 0 Å². The van der Waals surface area contributed by atoms with Gasteiger partial charge in [-0.05, 0) is 56.1 Å². The molecule has 4 N–H and O–H groups in total. The third-order valence-electron chi connectivity index (χ3n) is 7.24. The van der Waals surface area contributed by atoms with E-state index in [2.05, 4.69) is 48.2 Å². The first-order valence-corrected chi connectivity index (χ1v) is 15.5. The van der Waals surface area contributed by atoms with Gasteiger partial charge < -0.3 is 30.7 Å².